The van der Waals surface area contributed by atoms with Crippen LogP contribution >= 0.6 is 0 Å². The van der Waals surface area contributed by atoms with Crippen LogP contribution in [0.3, 0.4) is 0 Å². The highest BCUT2D eigenvalue weighted by molar-refractivity contribution is 5.98. The van der Waals surface area contributed by atoms with Crippen molar-refractivity contribution < 1.29 is 18.7 Å². The van der Waals surface area contributed by atoms with Crippen LogP contribution in [0.1, 0.15) is 52.2 Å². The molecule has 1 N–H and O–H groups in total. The number of carbonyl (C=O) groups excluding carboxylic acids is 2. The Morgan fingerprint density at radius 3 is 2.74 bits per heavy atom. The summed E-state index contributed by atoms with van der Waals surface area (Å²) in [5, 5.41) is 4.10. The van der Waals surface area contributed by atoms with E-state index in [0.29, 0.717) is 43.1 Å². The number of para-hydroxylation sites is 1. The second kappa shape index (κ2) is 9.37. The molecule has 2 aliphatic heterocycles. The van der Waals surface area contributed by atoms with Crippen molar-refractivity contribution in [1.82, 2.24) is 10.2 Å². The van der Waals surface area contributed by atoms with Crippen molar-refractivity contribution in [1.29, 1.82) is 0 Å². The normalized spacial score (nSPS) is 18.5. The third-order valence-corrected chi connectivity index (χ3v) is 7.01. The minimum atomic E-state index is -0.109. The summed E-state index contributed by atoms with van der Waals surface area (Å²) >= 11 is 0. The predicted molar refractivity (Wildman–Crippen MR) is 131 cm³/mol. The smallest absolute Gasteiger partial charge is 0.255 e. The number of ether oxygens (including phenoxy) is 1. The summed E-state index contributed by atoms with van der Waals surface area (Å²) in [5.74, 6) is 1.40. The van der Waals surface area contributed by atoms with E-state index in [4.69, 9.17) is 9.15 Å². The Morgan fingerprint density at radius 2 is 1.88 bits per heavy atom. The highest BCUT2D eigenvalue weighted by atomic mass is 16.5. The minimum Gasteiger partial charge on any atom is -0.492 e. The van der Waals surface area contributed by atoms with Crippen molar-refractivity contribution in [3.8, 4) is 5.75 Å². The van der Waals surface area contributed by atoms with Crippen molar-refractivity contribution in [2.24, 2.45) is 5.41 Å². The summed E-state index contributed by atoms with van der Waals surface area (Å²) < 4.78 is 11.5. The number of allylic oxidation sites excluding steroid dienone is 1. The average Bonchev–Trinajstić information content (AvgIpc) is 3.23. The minimum absolute atomic E-state index is 0.0504. The zero-order valence-electron chi connectivity index (χ0n) is 19.5. The first kappa shape index (κ1) is 22.3. The molecule has 2 aliphatic rings. The summed E-state index contributed by atoms with van der Waals surface area (Å²) in [6.45, 7) is 4.37. The van der Waals surface area contributed by atoms with E-state index < -0.39 is 0 Å². The van der Waals surface area contributed by atoms with Crippen LogP contribution in [0.4, 0.5) is 0 Å². The predicted octanol–water partition coefficient (Wildman–Crippen LogP) is 5.12. The molecular formula is C28H30N2O4. The van der Waals surface area contributed by atoms with Crippen molar-refractivity contribution in [3.05, 3.63) is 77.6 Å². The van der Waals surface area contributed by atoms with Crippen LogP contribution in [0.2, 0.25) is 0 Å². The maximum absolute atomic E-state index is 13.2. The fourth-order valence-corrected chi connectivity index (χ4v) is 4.96. The van der Waals surface area contributed by atoms with Gasteiger partial charge in [-0.3, -0.25) is 9.59 Å². The molecule has 0 unspecified atom stereocenters. The number of carbonyl (C=O) groups is 2. The van der Waals surface area contributed by atoms with E-state index in [1.165, 1.54) is 0 Å². The molecule has 2 aromatic carbocycles. The van der Waals surface area contributed by atoms with Crippen molar-refractivity contribution in [3.63, 3.8) is 0 Å². The molecule has 1 spiro atoms. The largest absolute Gasteiger partial charge is 0.492 e. The van der Waals surface area contributed by atoms with Gasteiger partial charge in [0.25, 0.3) is 11.8 Å². The highest BCUT2D eigenvalue weighted by Crippen LogP contribution is 2.36. The Balaban J connectivity index is 1.29. The SMILES string of the molecule is Cc1cc2cc(C(=O)N3CCC4(CC=CCCOc5ccccc5C(=O)NC4)CC3)ccc2o1. The topological polar surface area (TPSA) is 71.8 Å². The first-order valence-electron chi connectivity index (χ1n) is 12.0. The van der Waals surface area contributed by atoms with Crippen molar-refractivity contribution in [2.75, 3.05) is 26.2 Å². The summed E-state index contributed by atoms with van der Waals surface area (Å²) in [7, 11) is 0. The van der Waals surface area contributed by atoms with E-state index in [0.717, 1.165) is 42.4 Å². The quantitative estimate of drug-likeness (QED) is 0.514. The molecule has 6 heteroatoms. The van der Waals surface area contributed by atoms with Gasteiger partial charge in [-0.2, -0.15) is 0 Å². The molecule has 0 radical (unpaired) electrons. The summed E-state index contributed by atoms with van der Waals surface area (Å²) in [4.78, 5) is 28.1. The number of furan rings is 1. The summed E-state index contributed by atoms with van der Waals surface area (Å²) in [6.07, 6.45) is 7.72. The van der Waals surface area contributed by atoms with E-state index in [-0.39, 0.29) is 17.2 Å². The Hall–Kier alpha value is -3.54. The van der Waals surface area contributed by atoms with Gasteiger partial charge in [0.2, 0.25) is 0 Å². The first-order valence-corrected chi connectivity index (χ1v) is 12.0. The average molecular weight is 459 g/mol. The second-order valence-electron chi connectivity index (χ2n) is 9.39. The standard InChI is InChI=1S/C28H30N2O4/c1-20-17-22-18-21(9-10-24(22)34-20)27(32)30-14-12-28(13-15-30)11-5-2-6-16-33-25-8-4-3-7-23(25)26(31)29-19-28/h2-5,7-10,17-18H,6,11-16,19H2,1H3,(H,29,31). The van der Waals surface area contributed by atoms with E-state index in [9.17, 15) is 9.59 Å². The number of benzene rings is 2. The van der Waals surface area contributed by atoms with Gasteiger partial charge < -0.3 is 19.4 Å². The molecule has 6 nitrogen and oxygen atoms in total. The van der Waals surface area contributed by atoms with Crippen molar-refractivity contribution >= 4 is 22.8 Å². The van der Waals surface area contributed by atoms with Crippen LogP contribution in [0.25, 0.3) is 11.0 Å². The fraction of sp³-hybridized carbons (Fsp3) is 0.357. The molecule has 0 atom stereocenters. The molecule has 1 aromatic heterocycles. The molecule has 2 amide bonds. The highest BCUT2D eigenvalue weighted by Gasteiger charge is 2.36. The van der Waals surface area contributed by atoms with Crippen LogP contribution < -0.4 is 10.1 Å². The lowest BCUT2D eigenvalue weighted by molar-refractivity contribution is 0.0566. The Morgan fingerprint density at radius 1 is 1.06 bits per heavy atom. The molecule has 3 aromatic rings. The van der Waals surface area contributed by atoms with Crippen LogP contribution in [0.15, 0.2) is 65.1 Å². The Bertz CT molecular complexity index is 1230. The van der Waals surface area contributed by atoms with E-state index in [2.05, 4.69) is 17.5 Å². The number of amides is 2. The number of rotatable bonds is 1. The molecular weight excluding hydrogens is 428 g/mol. The zero-order valence-corrected chi connectivity index (χ0v) is 19.5. The van der Waals surface area contributed by atoms with E-state index in [1.54, 1.807) is 6.07 Å². The van der Waals surface area contributed by atoms with Gasteiger partial charge in [0.1, 0.15) is 17.1 Å². The second-order valence-corrected chi connectivity index (χ2v) is 9.39. The number of piperidine rings is 1. The van der Waals surface area contributed by atoms with Crippen LogP contribution in [0.5, 0.6) is 5.75 Å². The van der Waals surface area contributed by atoms with Gasteiger partial charge in [-0.1, -0.05) is 24.3 Å². The number of hydrogen-bond donors (Lipinski definition) is 1. The Labute approximate surface area is 199 Å². The zero-order chi connectivity index (χ0) is 23.5. The number of nitrogens with one attached hydrogen (secondary N) is 1. The molecule has 1 saturated heterocycles. The molecule has 34 heavy (non-hydrogen) atoms. The Kier molecular flexibility index (Phi) is 6.14. The lowest BCUT2D eigenvalue weighted by Crippen LogP contribution is -2.47. The molecule has 3 heterocycles. The first-order chi connectivity index (χ1) is 16.5. The maximum Gasteiger partial charge on any atom is 0.255 e. The van der Waals surface area contributed by atoms with Gasteiger partial charge in [0.15, 0.2) is 0 Å². The van der Waals surface area contributed by atoms with Crippen LogP contribution in [0, 0.1) is 12.3 Å². The number of fused-ring (bicyclic) bond motifs is 2. The summed E-state index contributed by atoms with van der Waals surface area (Å²) in [6, 6.07) is 15.0. The number of likely N-dealkylation sites (tertiary alicyclic amines) is 1. The maximum atomic E-state index is 13.2. The third-order valence-electron chi connectivity index (χ3n) is 7.01. The van der Waals surface area contributed by atoms with Crippen LogP contribution in [-0.2, 0) is 0 Å². The lowest BCUT2D eigenvalue weighted by Gasteiger charge is -2.41. The molecule has 0 saturated carbocycles. The summed E-state index contributed by atoms with van der Waals surface area (Å²) in [5.41, 5.74) is 1.99. The molecule has 5 rings (SSSR count). The van der Waals surface area contributed by atoms with Crippen LogP contribution in [-0.4, -0.2) is 43.0 Å². The third kappa shape index (κ3) is 4.58. The molecule has 0 aliphatic carbocycles. The number of hydrogen-bond acceptors (Lipinski definition) is 4. The number of nitrogens with zero attached hydrogens (tertiary/aromatic N) is 1. The number of aryl methyl sites for hydroxylation is 1. The monoisotopic (exact) mass is 458 g/mol. The van der Waals surface area contributed by atoms with Gasteiger partial charge in [0.05, 0.1) is 12.2 Å². The molecule has 0 bridgehead atoms. The van der Waals surface area contributed by atoms with Gasteiger partial charge in [-0.25, -0.2) is 0 Å². The van der Waals surface area contributed by atoms with Gasteiger partial charge in [-0.05, 0) is 74.4 Å². The van der Waals surface area contributed by atoms with Gasteiger partial charge in [0, 0.05) is 30.6 Å². The lowest BCUT2D eigenvalue weighted by atomic mass is 9.75. The van der Waals surface area contributed by atoms with E-state index >= 15 is 0 Å². The molecule has 1 fully saturated rings. The van der Waals surface area contributed by atoms with Gasteiger partial charge >= 0.3 is 0 Å². The fourth-order valence-electron chi connectivity index (χ4n) is 4.96. The molecule has 176 valence electrons. The van der Waals surface area contributed by atoms with E-state index in [1.807, 2.05) is 54.3 Å². The van der Waals surface area contributed by atoms with Crippen molar-refractivity contribution in [2.45, 2.75) is 32.6 Å². The van der Waals surface area contributed by atoms with Gasteiger partial charge in [-0.15, -0.1) is 0 Å².